The van der Waals surface area contributed by atoms with Gasteiger partial charge in [-0.1, -0.05) is 0 Å². The number of nitrogens with two attached hydrogens (primary N) is 1. The van der Waals surface area contributed by atoms with Gasteiger partial charge in [-0.2, -0.15) is 4.90 Å². The molecule has 0 saturated heterocycles. The highest BCUT2D eigenvalue weighted by molar-refractivity contribution is 6.15. The SMILES string of the molecule is COCCn1cc(-c2ccc(N)c3nccn23)c2c(N(C(=O)O)C(=O)OC(C)(C)C)ncnc21. The van der Waals surface area contributed by atoms with Gasteiger partial charge in [0.2, 0.25) is 0 Å². The van der Waals surface area contributed by atoms with Crippen molar-refractivity contribution < 1.29 is 24.2 Å². The third kappa shape index (κ3) is 4.10. The Hall–Kier alpha value is -4.19. The lowest BCUT2D eigenvalue weighted by Crippen LogP contribution is -2.40. The van der Waals surface area contributed by atoms with Crippen molar-refractivity contribution in [2.75, 3.05) is 24.4 Å². The van der Waals surface area contributed by atoms with Gasteiger partial charge in [0.25, 0.3) is 0 Å². The zero-order valence-corrected chi connectivity index (χ0v) is 19.2. The number of nitrogen functional groups attached to an aromatic ring is 1. The molecule has 0 aliphatic heterocycles. The van der Waals surface area contributed by atoms with E-state index in [1.807, 2.05) is 10.8 Å². The molecule has 0 spiro atoms. The maximum atomic E-state index is 12.9. The van der Waals surface area contributed by atoms with Crippen LogP contribution in [0.15, 0.2) is 37.1 Å². The number of hydrogen-bond acceptors (Lipinski definition) is 8. The topological polar surface area (TPSA) is 150 Å². The lowest BCUT2D eigenvalue weighted by molar-refractivity contribution is 0.0581. The molecule has 0 unspecified atom stereocenters. The summed E-state index contributed by atoms with van der Waals surface area (Å²) in [7, 11) is 1.58. The van der Waals surface area contributed by atoms with Crippen molar-refractivity contribution in [1.82, 2.24) is 23.9 Å². The van der Waals surface area contributed by atoms with Crippen molar-refractivity contribution in [3.63, 3.8) is 0 Å². The van der Waals surface area contributed by atoms with Crippen molar-refractivity contribution >= 4 is 40.4 Å². The van der Waals surface area contributed by atoms with Crippen LogP contribution in [0.2, 0.25) is 0 Å². The molecule has 0 saturated carbocycles. The Morgan fingerprint density at radius 2 is 1.94 bits per heavy atom. The number of amides is 2. The van der Waals surface area contributed by atoms with Crippen molar-refractivity contribution in [2.24, 2.45) is 0 Å². The number of nitrogens with zero attached hydrogens (tertiary/aromatic N) is 6. The van der Waals surface area contributed by atoms with Crippen LogP contribution in [0, 0.1) is 0 Å². The molecule has 0 aliphatic carbocycles. The average Bonchev–Trinajstić information content (AvgIpc) is 3.38. The lowest BCUT2D eigenvalue weighted by Gasteiger charge is -2.24. The Labute approximate surface area is 194 Å². The van der Waals surface area contributed by atoms with Crippen LogP contribution in [0.4, 0.5) is 21.1 Å². The van der Waals surface area contributed by atoms with Crippen LogP contribution in [0.1, 0.15) is 20.8 Å². The van der Waals surface area contributed by atoms with E-state index in [2.05, 4.69) is 15.0 Å². The number of pyridine rings is 1. The number of aromatic nitrogens is 5. The molecule has 178 valence electrons. The molecule has 4 heterocycles. The predicted octanol–water partition coefficient (Wildman–Crippen LogP) is 3.39. The van der Waals surface area contributed by atoms with Crippen molar-refractivity contribution in [3.05, 3.63) is 37.1 Å². The molecule has 4 rings (SSSR count). The summed E-state index contributed by atoms with van der Waals surface area (Å²) in [5.74, 6) is -0.122. The van der Waals surface area contributed by atoms with Gasteiger partial charge in [0.1, 0.15) is 17.6 Å². The number of anilines is 2. The van der Waals surface area contributed by atoms with Gasteiger partial charge >= 0.3 is 12.2 Å². The highest BCUT2D eigenvalue weighted by Crippen LogP contribution is 2.37. The fraction of sp³-hybridized carbons (Fsp3) is 0.318. The van der Waals surface area contributed by atoms with E-state index < -0.39 is 17.8 Å². The van der Waals surface area contributed by atoms with E-state index >= 15 is 0 Å². The first kappa shape index (κ1) is 23.0. The molecule has 0 aliphatic rings. The summed E-state index contributed by atoms with van der Waals surface area (Å²) in [5.41, 5.74) is 7.85. The highest BCUT2D eigenvalue weighted by atomic mass is 16.6. The van der Waals surface area contributed by atoms with E-state index in [-0.39, 0.29) is 5.82 Å². The molecule has 0 atom stereocenters. The van der Waals surface area contributed by atoms with Gasteiger partial charge in [-0.25, -0.2) is 24.5 Å². The zero-order valence-electron chi connectivity index (χ0n) is 19.2. The molecule has 12 nitrogen and oxygen atoms in total. The fourth-order valence-electron chi connectivity index (χ4n) is 3.65. The van der Waals surface area contributed by atoms with Gasteiger partial charge in [0.05, 0.1) is 23.4 Å². The van der Waals surface area contributed by atoms with Crippen LogP contribution in [-0.2, 0) is 16.0 Å². The number of imidazole rings is 1. The first-order chi connectivity index (χ1) is 16.1. The Balaban J connectivity index is 2.01. The minimum Gasteiger partial charge on any atom is -0.464 e. The Bertz CT molecular complexity index is 1390. The second-order valence-electron chi connectivity index (χ2n) is 8.52. The highest BCUT2D eigenvalue weighted by Gasteiger charge is 2.33. The average molecular weight is 467 g/mol. The van der Waals surface area contributed by atoms with Crippen molar-refractivity contribution in [3.8, 4) is 11.3 Å². The number of carbonyl (C=O) groups is 2. The number of rotatable bonds is 5. The van der Waals surface area contributed by atoms with E-state index in [4.69, 9.17) is 15.2 Å². The maximum Gasteiger partial charge on any atom is 0.425 e. The molecular weight excluding hydrogens is 442 g/mol. The number of hydrogen-bond donors (Lipinski definition) is 2. The van der Waals surface area contributed by atoms with Crippen LogP contribution < -0.4 is 10.6 Å². The Kier molecular flexibility index (Phi) is 5.83. The maximum absolute atomic E-state index is 12.9. The summed E-state index contributed by atoms with van der Waals surface area (Å²) in [6.45, 7) is 5.77. The second-order valence-corrected chi connectivity index (χ2v) is 8.52. The molecule has 0 bridgehead atoms. The van der Waals surface area contributed by atoms with Crippen LogP contribution in [0.25, 0.3) is 27.9 Å². The third-order valence-corrected chi connectivity index (χ3v) is 5.00. The van der Waals surface area contributed by atoms with Gasteiger partial charge in [-0.05, 0) is 32.9 Å². The summed E-state index contributed by atoms with van der Waals surface area (Å²) < 4.78 is 14.2. The standard InChI is InChI=1S/C22H25N7O5/c1-22(2,3)34-21(32)29(20(30)31)19-16-13(11-27(9-10-33-4)18(16)25-12-26-19)15-6-5-14(23)17-24-7-8-28(15)17/h5-8,11-12H,9-10,23H2,1-4H3,(H,30,31). The summed E-state index contributed by atoms with van der Waals surface area (Å²) in [6, 6.07) is 3.50. The van der Waals surface area contributed by atoms with E-state index in [0.717, 1.165) is 0 Å². The summed E-state index contributed by atoms with van der Waals surface area (Å²) in [6.07, 6.45) is 3.77. The molecule has 4 aromatic rings. The number of carboxylic acid groups (broad SMARTS) is 1. The van der Waals surface area contributed by atoms with E-state index in [1.54, 1.807) is 56.8 Å². The first-order valence-corrected chi connectivity index (χ1v) is 10.4. The quantitative estimate of drug-likeness (QED) is 0.450. The van der Waals surface area contributed by atoms with Crippen LogP contribution in [0.5, 0.6) is 0 Å². The minimum absolute atomic E-state index is 0.122. The van der Waals surface area contributed by atoms with Gasteiger partial charge < -0.3 is 24.9 Å². The number of imide groups is 1. The van der Waals surface area contributed by atoms with Gasteiger partial charge in [0.15, 0.2) is 11.5 Å². The van der Waals surface area contributed by atoms with Crippen molar-refractivity contribution in [1.29, 1.82) is 0 Å². The summed E-state index contributed by atoms with van der Waals surface area (Å²) >= 11 is 0. The van der Waals surface area contributed by atoms with E-state index in [1.165, 1.54) is 6.33 Å². The Morgan fingerprint density at radius 1 is 1.18 bits per heavy atom. The van der Waals surface area contributed by atoms with E-state index in [9.17, 15) is 14.7 Å². The molecule has 34 heavy (non-hydrogen) atoms. The minimum atomic E-state index is -1.53. The fourth-order valence-corrected chi connectivity index (χ4v) is 3.65. The molecule has 2 amide bonds. The van der Waals surface area contributed by atoms with Gasteiger partial charge in [-0.3, -0.25) is 4.40 Å². The summed E-state index contributed by atoms with van der Waals surface area (Å²) in [4.78, 5) is 38.5. The van der Waals surface area contributed by atoms with Crippen molar-refractivity contribution in [2.45, 2.75) is 32.9 Å². The normalized spacial score (nSPS) is 11.8. The Morgan fingerprint density at radius 3 is 2.62 bits per heavy atom. The molecule has 0 fully saturated rings. The smallest absolute Gasteiger partial charge is 0.425 e. The zero-order chi connectivity index (χ0) is 24.6. The number of carbonyl (C=O) groups excluding carboxylic acids is 1. The summed E-state index contributed by atoms with van der Waals surface area (Å²) in [5, 5.41) is 10.3. The first-order valence-electron chi connectivity index (χ1n) is 10.4. The predicted molar refractivity (Wildman–Crippen MR) is 125 cm³/mol. The molecule has 12 heteroatoms. The largest absolute Gasteiger partial charge is 0.464 e. The number of methoxy groups -OCH3 is 1. The molecule has 0 radical (unpaired) electrons. The second kappa shape index (κ2) is 8.63. The van der Waals surface area contributed by atoms with E-state index in [0.29, 0.717) is 51.7 Å². The third-order valence-electron chi connectivity index (χ3n) is 5.00. The monoisotopic (exact) mass is 467 g/mol. The van der Waals surface area contributed by atoms with Crippen LogP contribution in [-0.4, -0.2) is 60.5 Å². The lowest BCUT2D eigenvalue weighted by atomic mass is 10.1. The molecule has 4 aromatic heterocycles. The number of fused-ring (bicyclic) bond motifs is 2. The van der Waals surface area contributed by atoms with Gasteiger partial charge in [-0.15, -0.1) is 0 Å². The molecular formula is C22H25N7O5. The van der Waals surface area contributed by atoms with Gasteiger partial charge in [0, 0.05) is 37.8 Å². The number of ether oxygens (including phenoxy) is 2. The molecule has 0 aromatic carbocycles. The van der Waals surface area contributed by atoms with Crippen LogP contribution in [0.3, 0.4) is 0 Å². The van der Waals surface area contributed by atoms with Crippen LogP contribution >= 0.6 is 0 Å². The molecule has 3 N–H and O–H groups in total.